The molecule has 0 bridgehead atoms. The Hall–Kier alpha value is -4.56. The van der Waals surface area contributed by atoms with Crippen LogP contribution in [0.15, 0.2) is 89.8 Å². The molecule has 0 spiro atoms. The number of amides is 1. The number of thiophene rings is 1. The van der Waals surface area contributed by atoms with Gasteiger partial charge in [0, 0.05) is 16.6 Å². The maximum atomic E-state index is 13.5. The maximum Gasteiger partial charge on any atom is 0.300 e. The molecule has 1 aliphatic heterocycles. The number of ether oxygens (including phenoxy) is 3. The van der Waals surface area contributed by atoms with E-state index in [-0.39, 0.29) is 11.3 Å². The van der Waals surface area contributed by atoms with Crippen molar-refractivity contribution >= 4 is 34.5 Å². The van der Waals surface area contributed by atoms with Crippen molar-refractivity contribution in [2.24, 2.45) is 0 Å². The number of carbonyl (C=O) groups excluding carboxylic acids is 2. The zero-order valence-electron chi connectivity index (χ0n) is 22.4. The van der Waals surface area contributed by atoms with Gasteiger partial charge < -0.3 is 19.3 Å². The second-order valence-electron chi connectivity index (χ2n) is 9.12. The first-order valence-corrected chi connectivity index (χ1v) is 13.9. The summed E-state index contributed by atoms with van der Waals surface area (Å²) in [7, 11) is 0. The summed E-state index contributed by atoms with van der Waals surface area (Å²) < 4.78 is 17.3. The van der Waals surface area contributed by atoms with E-state index in [4.69, 9.17) is 14.2 Å². The number of carbonyl (C=O) groups is 2. The normalized spacial score (nSPS) is 16.3. The molecule has 0 radical (unpaired) electrons. The van der Waals surface area contributed by atoms with Gasteiger partial charge in [-0.05, 0) is 86.3 Å². The minimum atomic E-state index is -0.815. The molecule has 3 aromatic carbocycles. The van der Waals surface area contributed by atoms with E-state index < -0.39 is 17.7 Å². The second kappa shape index (κ2) is 11.7. The van der Waals surface area contributed by atoms with E-state index in [2.05, 4.69) is 0 Å². The highest BCUT2D eigenvalue weighted by Gasteiger charge is 2.47. The molecule has 1 aliphatic rings. The van der Waals surface area contributed by atoms with Gasteiger partial charge in [-0.3, -0.25) is 14.5 Å². The number of benzene rings is 3. The third kappa shape index (κ3) is 5.31. The molecule has 1 saturated heterocycles. The Labute approximate surface area is 236 Å². The third-order valence-electron chi connectivity index (χ3n) is 6.42. The topological polar surface area (TPSA) is 85.3 Å². The van der Waals surface area contributed by atoms with Gasteiger partial charge in [0.05, 0.1) is 24.4 Å². The van der Waals surface area contributed by atoms with E-state index in [1.165, 1.54) is 16.2 Å². The average Bonchev–Trinajstić information content (AvgIpc) is 3.56. The molecule has 5 rings (SSSR count). The molecule has 1 aromatic heterocycles. The van der Waals surface area contributed by atoms with Crippen LogP contribution in [0.5, 0.6) is 23.0 Å². The van der Waals surface area contributed by atoms with Crippen molar-refractivity contribution < 1.29 is 28.9 Å². The van der Waals surface area contributed by atoms with Gasteiger partial charge in [-0.1, -0.05) is 18.2 Å². The molecule has 4 aromatic rings. The van der Waals surface area contributed by atoms with Gasteiger partial charge in [0.1, 0.15) is 34.8 Å². The fourth-order valence-corrected chi connectivity index (χ4v) is 5.50. The highest BCUT2D eigenvalue weighted by Crippen LogP contribution is 2.45. The lowest BCUT2D eigenvalue weighted by Crippen LogP contribution is -2.29. The molecule has 204 valence electrons. The number of aryl methyl sites for hydroxylation is 1. The number of nitrogens with zero attached hydrogens (tertiary/aromatic N) is 1. The number of hydrogen-bond acceptors (Lipinski definition) is 7. The van der Waals surface area contributed by atoms with Gasteiger partial charge in [-0.2, -0.15) is 0 Å². The monoisotopic (exact) mass is 555 g/mol. The van der Waals surface area contributed by atoms with Crippen LogP contribution in [0.25, 0.3) is 5.76 Å². The lowest BCUT2D eigenvalue weighted by atomic mass is 9.99. The van der Waals surface area contributed by atoms with E-state index in [1.807, 2.05) is 62.5 Å². The Morgan fingerprint density at radius 2 is 1.62 bits per heavy atom. The number of rotatable bonds is 9. The quantitative estimate of drug-likeness (QED) is 0.133. The van der Waals surface area contributed by atoms with Crippen molar-refractivity contribution in [3.63, 3.8) is 0 Å². The molecule has 40 heavy (non-hydrogen) atoms. The van der Waals surface area contributed by atoms with Crippen molar-refractivity contribution in [2.45, 2.75) is 26.8 Å². The van der Waals surface area contributed by atoms with E-state index in [1.54, 1.807) is 42.5 Å². The Morgan fingerprint density at radius 1 is 0.875 bits per heavy atom. The summed E-state index contributed by atoms with van der Waals surface area (Å²) in [4.78, 5) is 29.1. The lowest BCUT2D eigenvalue weighted by Gasteiger charge is -2.24. The minimum absolute atomic E-state index is 0.00218. The molecular formula is C32H29NO6S. The molecule has 1 atom stereocenters. The Morgan fingerprint density at radius 3 is 2.30 bits per heavy atom. The molecule has 1 amide bonds. The number of anilines is 1. The fraction of sp³-hybridized carbons (Fsp3) is 0.188. The first-order valence-electron chi connectivity index (χ1n) is 13.0. The number of hydrogen-bond donors (Lipinski definition) is 1. The summed E-state index contributed by atoms with van der Waals surface area (Å²) in [6.45, 7) is 6.50. The molecular weight excluding hydrogens is 526 g/mol. The second-order valence-corrected chi connectivity index (χ2v) is 10.1. The van der Waals surface area contributed by atoms with Crippen LogP contribution in [0.1, 0.15) is 35.9 Å². The van der Waals surface area contributed by atoms with E-state index in [0.29, 0.717) is 47.5 Å². The van der Waals surface area contributed by atoms with Gasteiger partial charge in [0.15, 0.2) is 0 Å². The van der Waals surface area contributed by atoms with Crippen molar-refractivity contribution in [2.75, 3.05) is 18.1 Å². The van der Waals surface area contributed by atoms with Gasteiger partial charge >= 0.3 is 0 Å². The van der Waals surface area contributed by atoms with Crippen molar-refractivity contribution in [1.29, 1.82) is 0 Å². The van der Waals surface area contributed by atoms with Gasteiger partial charge in [-0.25, -0.2) is 0 Å². The molecule has 0 saturated carbocycles. The number of aliphatic hydroxyl groups is 1. The largest absolute Gasteiger partial charge is 0.507 e. The number of aliphatic hydroxyl groups excluding tert-OH is 1. The summed E-state index contributed by atoms with van der Waals surface area (Å²) in [5.74, 6) is 0.431. The van der Waals surface area contributed by atoms with Crippen LogP contribution in [0, 0.1) is 6.92 Å². The smallest absolute Gasteiger partial charge is 0.300 e. The van der Waals surface area contributed by atoms with Crippen molar-refractivity contribution in [1.82, 2.24) is 0 Å². The van der Waals surface area contributed by atoms with E-state index in [9.17, 15) is 14.7 Å². The SMILES string of the molecule is CCOc1ccc(/C(O)=C2/C(=O)C(=O)N(c3ccc(Oc4cccc(C)c4)cc3)C2c2cccs2)c(OCC)c1. The molecule has 8 heteroatoms. The van der Waals surface area contributed by atoms with Crippen LogP contribution in [0.3, 0.4) is 0 Å². The summed E-state index contributed by atoms with van der Waals surface area (Å²) in [5.41, 5.74) is 1.89. The Kier molecular flexibility index (Phi) is 7.89. The van der Waals surface area contributed by atoms with E-state index in [0.717, 1.165) is 10.4 Å². The molecule has 1 fully saturated rings. The minimum Gasteiger partial charge on any atom is -0.507 e. The average molecular weight is 556 g/mol. The highest BCUT2D eigenvalue weighted by molar-refractivity contribution is 7.10. The zero-order valence-corrected chi connectivity index (χ0v) is 23.2. The molecule has 0 aliphatic carbocycles. The van der Waals surface area contributed by atoms with Gasteiger partial charge in [0.25, 0.3) is 11.7 Å². The predicted octanol–water partition coefficient (Wildman–Crippen LogP) is 7.27. The first kappa shape index (κ1) is 27.0. The summed E-state index contributed by atoms with van der Waals surface area (Å²) in [5, 5.41) is 13.4. The van der Waals surface area contributed by atoms with Crippen LogP contribution in [0.4, 0.5) is 5.69 Å². The molecule has 1 N–H and O–H groups in total. The fourth-order valence-electron chi connectivity index (χ4n) is 4.68. The molecule has 2 heterocycles. The Bertz CT molecular complexity index is 1560. The van der Waals surface area contributed by atoms with Gasteiger partial charge in [0.2, 0.25) is 0 Å². The summed E-state index contributed by atoms with van der Waals surface area (Å²) in [6, 6.07) is 22.6. The number of Topliss-reactive ketones (excluding diaryl/α,β-unsaturated/α-hetero) is 1. The lowest BCUT2D eigenvalue weighted by molar-refractivity contribution is -0.132. The zero-order chi connectivity index (χ0) is 28.2. The van der Waals surface area contributed by atoms with Crippen LogP contribution < -0.4 is 19.1 Å². The molecule has 7 nitrogen and oxygen atoms in total. The van der Waals surface area contributed by atoms with Crippen LogP contribution in [0.2, 0.25) is 0 Å². The standard InChI is InChI=1S/C32H29NO6S/c1-4-37-23-15-16-25(26(19-23)38-5-2)30(34)28-29(27-10-7-17-40-27)33(32(36)31(28)35)21-11-13-22(14-12-21)39-24-9-6-8-20(3)18-24/h6-19,29,34H,4-5H2,1-3H3/b30-28-. The summed E-state index contributed by atoms with van der Waals surface area (Å²) in [6.07, 6.45) is 0. The van der Waals surface area contributed by atoms with Crippen molar-refractivity contribution in [3.8, 4) is 23.0 Å². The van der Waals surface area contributed by atoms with Crippen molar-refractivity contribution in [3.05, 3.63) is 106 Å². The van der Waals surface area contributed by atoms with Crippen LogP contribution in [-0.2, 0) is 9.59 Å². The maximum absolute atomic E-state index is 13.5. The summed E-state index contributed by atoms with van der Waals surface area (Å²) >= 11 is 1.40. The number of ketones is 1. The van der Waals surface area contributed by atoms with E-state index >= 15 is 0 Å². The van der Waals surface area contributed by atoms with Crippen LogP contribution >= 0.6 is 11.3 Å². The highest BCUT2D eigenvalue weighted by atomic mass is 32.1. The Balaban J connectivity index is 1.56. The molecule has 1 unspecified atom stereocenters. The third-order valence-corrected chi connectivity index (χ3v) is 7.34. The predicted molar refractivity (Wildman–Crippen MR) is 156 cm³/mol. The van der Waals surface area contributed by atoms with Crippen LogP contribution in [-0.4, -0.2) is 30.0 Å². The first-order chi connectivity index (χ1) is 19.4. The van der Waals surface area contributed by atoms with Gasteiger partial charge in [-0.15, -0.1) is 11.3 Å².